The molecule has 0 bridgehead atoms. The molecule has 0 spiro atoms. The Hall–Kier alpha value is -5.82. The highest BCUT2D eigenvalue weighted by Crippen LogP contribution is 2.22. The zero-order valence-electron chi connectivity index (χ0n) is 34.6. The van der Waals surface area contributed by atoms with Crippen LogP contribution in [0.25, 0.3) is 10.9 Å². The molecule has 0 fully saturated rings. The van der Waals surface area contributed by atoms with Gasteiger partial charge in [0.15, 0.2) is 11.6 Å². The predicted octanol–water partition coefficient (Wildman–Crippen LogP) is 2.64. The van der Waals surface area contributed by atoms with E-state index in [4.69, 9.17) is 17.3 Å². The van der Waals surface area contributed by atoms with Crippen LogP contribution < -0.4 is 33.3 Å². The van der Waals surface area contributed by atoms with Gasteiger partial charge in [-0.2, -0.15) is 0 Å². The first-order valence-electron chi connectivity index (χ1n) is 20.8. The molecular formula is C45H61N9O6. The standard InChI is InChI=1S/C45H61N9O6/c1-3-22-53-23-12-10-19-37(41(56)29-33(27-32-15-5-4-6-16-32)44(59)51-38(42(47)57)20-9-11-21-46)50-43(58)31(2)26-40(55)39(52-45(60)54(48)25-14-13-24-53)28-34-30-49-36-18-8-7-17-35(34)36/h3-8,15-18,30-31,33,37-39,49H,1,9-12,19-29,46,48H2,2H3,(H2,47,57)(H,50,58)(H,51,59)(H,52,60)/t31-,33+,37+,38+,39-/m1/s1. The maximum absolute atomic E-state index is 14.3. The molecule has 10 N–H and O–H groups in total. The number of hydrogen-bond donors (Lipinski definition) is 7. The Labute approximate surface area is 352 Å². The molecular weight excluding hydrogens is 763 g/mol. The van der Waals surface area contributed by atoms with E-state index in [-0.39, 0.29) is 44.4 Å². The summed E-state index contributed by atoms with van der Waals surface area (Å²) < 4.78 is 0. The van der Waals surface area contributed by atoms with Crippen molar-refractivity contribution in [3.8, 4) is 11.8 Å². The van der Waals surface area contributed by atoms with Crippen molar-refractivity contribution < 1.29 is 28.8 Å². The summed E-state index contributed by atoms with van der Waals surface area (Å²) in [7, 11) is 0. The normalized spacial score (nSPS) is 19.9. The van der Waals surface area contributed by atoms with Gasteiger partial charge in [-0.25, -0.2) is 10.6 Å². The number of hydrogen-bond acceptors (Lipinski definition) is 9. The van der Waals surface area contributed by atoms with Crippen LogP contribution >= 0.6 is 0 Å². The van der Waals surface area contributed by atoms with Crippen molar-refractivity contribution in [2.24, 2.45) is 29.1 Å². The minimum atomic E-state index is -1.04. The molecule has 322 valence electrons. The first-order chi connectivity index (χ1) is 28.9. The first kappa shape index (κ1) is 46.9. The van der Waals surface area contributed by atoms with Gasteiger partial charge in [0.1, 0.15) is 6.04 Å². The Morgan fingerprint density at radius 3 is 2.47 bits per heavy atom. The van der Waals surface area contributed by atoms with E-state index in [1.54, 1.807) is 19.2 Å². The molecule has 3 aromatic rings. The van der Waals surface area contributed by atoms with Crippen molar-refractivity contribution in [1.82, 2.24) is 30.8 Å². The fraction of sp³-hybridized carbons (Fsp3) is 0.467. The second-order valence-electron chi connectivity index (χ2n) is 15.5. The number of carbonyl (C=O) groups excluding carboxylic acids is 6. The smallest absolute Gasteiger partial charge is 0.333 e. The Kier molecular flexibility index (Phi) is 19.0. The second kappa shape index (κ2) is 24.3. The molecule has 0 saturated carbocycles. The monoisotopic (exact) mass is 823 g/mol. The fourth-order valence-corrected chi connectivity index (χ4v) is 7.25. The number of hydrazine groups is 1. The van der Waals surface area contributed by atoms with Crippen LogP contribution in [0.2, 0.25) is 0 Å². The number of H-pyrrole nitrogens is 1. The van der Waals surface area contributed by atoms with E-state index in [2.05, 4.69) is 44.3 Å². The van der Waals surface area contributed by atoms with E-state index < -0.39 is 59.5 Å². The zero-order valence-corrected chi connectivity index (χ0v) is 34.6. The maximum Gasteiger partial charge on any atom is 0.333 e. The number of benzene rings is 2. The summed E-state index contributed by atoms with van der Waals surface area (Å²) in [6.07, 6.45) is 6.46. The molecule has 1 aliphatic heterocycles. The number of rotatable bonds is 16. The number of nitrogens with two attached hydrogens (primary N) is 3. The lowest BCUT2D eigenvalue weighted by molar-refractivity contribution is -0.134. The number of aromatic nitrogens is 1. The number of unbranched alkanes of at least 4 members (excludes halogenated alkanes) is 1. The lowest BCUT2D eigenvalue weighted by Gasteiger charge is -2.25. The van der Waals surface area contributed by atoms with Gasteiger partial charge in [-0.1, -0.05) is 73.4 Å². The maximum atomic E-state index is 14.3. The Balaban J connectivity index is 1.60. The van der Waals surface area contributed by atoms with Crippen LogP contribution in [0.15, 0.2) is 73.4 Å². The number of aromatic amines is 1. The van der Waals surface area contributed by atoms with E-state index in [1.165, 1.54) is 0 Å². The van der Waals surface area contributed by atoms with Gasteiger partial charge in [-0.3, -0.25) is 33.9 Å². The highest BCUT2D eigenvalue weighted by atomic mass is 16.2. The van der Waals surface area contributed by atoms with Crippen molar-refractivity contribution in [3.63, 3.8) is 0 Å². The molecule has 0 aliphatic carbocycles. The molecule has 2 heterocycles. The third-order valence-electron chi connectivity index (χ3n) is 10.7. The van der Waals surface area contributed by atoms with Crippen molar-refractivity contribution in [1.29, 1.82) is 0 Å². The number of primary amides is 1. The van der Waals surface area contributed by atoms with Crippen LogP contribution in [0.5, 0.6) is 0 Å². The topological polar surface area (TPSA) is 239 Å². The summed E-state index contributed by atoms with van der Waals surface area (Å²) in [6.45, 7) is 7.33. The molecule has 1 aliphatic rings. The third kappa shape index (κ3) is 14.8. The highest BCUT2D eigenvalue weighted by molar-refractivity contribution is 5.96. The average Bonchev–Trinajstić information content (AvgIpc) is 3.64. The average molecular weight is 824 g/mol. The summed E-state index contributed by atoms with van der Waals surface area (Å²) in [5.74, 6) is 7.89. The van der Waals surface area contributed by atoms with Crippen LogP contribution in [0.1, 0.15) is 69.4 Å². The highest BCUT2D eigenvalue weighted by Gasteiger charge is 2.32. The van der Waals surface area contributed by atoms with Crippen LogP contribution in [0, 0.1) is 23.7 Å². The van der Waals surface area contributed by atoms with Crippen molar-refractivity contribution in [3.05, 3.63) is 84.6 Å². The summed E-state index contributed by atoms with van der Waals surface area (Å²) in [5, 5.41) is 10.2. The third-order valence-corrected chi connectivity index (χ3v) is 10.7. The number of nitrogens with one attached hydrogen (secondary N) is 4. The van der Waals surface area contributed by atoms with Crippen LogP contribution in [-0.2, 0) is 36.8 Å². The van der Waals surface area contributed by atoms with E-state index in [1.807, 2.05) is 54.6 Å². The van der Waals surface area contributed by atoms with Crippen molar-refractivity contribution in [2.45, 2.75) is 89.3 Å². The summed E-state index contributed by atoms with van der Waals surface area (Å²) in [5.41, 5.74) is 13.8. The number of ketones is 2. The first-order valence-corrected chi connectivity index (χ1v) is 20.8. The van der Waals surface area contributed by atoms with Gasteiger partial charge < -0.3 is 32.4 Å². The van der Waals surface area contributed by atoms with Crippen LogP contribution in [0.4, 0.5) is 4.79 Å². The van der Waals surface area contributed by atoms with Gasteiger partial charge in [0.25, 0.3) is 0 Å². The lowest BCUT2D eigenvalue weighted by Crippen LogP contribution is -2.52. The van der Waals surface area contributed by atoms with Gasteiger partial charge >= 0.3 is 6.03 Å². The zero-order chi connectivity index (χ0) is 43.4. The van der Waals surface area contributed by atoms with Gasteiger partial charge in [0.05, 0.1) is 25.2 Å². The Morgan fingerprint density at radius 1 is 1.00 bits per heavy atom. The molecule has 4 rings (SSSR count). The summed E-state index contributed by atoms with van der Waals surface area (Å²) >= 11 is 0. The molecule has 15 nitrogen and oxygen atoms in total. The lowest BCUT2D eigenvalue weighted by atomic mass is 9.89. The largest absolute Gasteiger partial charge is 0.368 e. The fourth-order valence-electron chi connectivity index (χ4n) is 7.25. The van der Waals surface area contributed by atoms with Crippen molar-refractivity contribution in [2.75, 3.05) is 32.7 Å². The number of amides is 5. The number of urea groups is 1. The number of para-hydroxylation sites is 1. The van der Waals surface area contributed by atoms with E-state index in [0.717, 1.165) is 27.0 Å². The predicted molar refractivity (Wildman–Crippen MR) is 231 cm³/mol. The van der Waals surface area contributed by atoms with Gasteiger partial charge in [-0.15, -0.1) is 6.58 Å². The molecule has 0 unspecified atom stereocenters. The molecule has 0 saturated heterocycles. The molecule has 1 aromatic heterocycles. The van der Waals surface area contributed by atoms with Crippen LogP contribution in [0.3, 0.4) is 0 Å². The molecule has 60 heavy (non-hydrogen) atoms. The number of Topliss-reactive ketones (excluding diaryl/α,β-unsaturated/α-hetero) is 2. The Bertz CT molecular complexity index is 1990. The number of nitrogens with zero attached hydrogens (tertiary/aromatic N) is 2. The summed E-state index contributed by atoms with van der Waals surface area (Å²) in [6, 6.07) is 13.2. The van der Waals surface area contributed by atoms with Gasteiger partial charge in [0.2, 0.25) is 17.7 Å². The number of fused-ring (bicyclic) bond motifs is 1. The molecule has 2 aromatic carbocycles. The van der Waals surface area contributed by atoms with Crippen LogP contribution in [-0.4, -0.2) is 101 Å². The molecule has 5 amide bonds. The van der Waals surface area contributed by atoms with Gasteiger partial charge in [0, 0.05) is 54.7 Å². The SMILES string of the molecule is C=CCN1CC#CCN(N)C(=O)N[C@H](Cc2c[nH]c3ccccc23)C(=O)C[C@@H](C)C(=O)N[C@H](C(=O)C[C@H](Cc2ccccc2)C(=O)N[C@@H](CCCCN)C(N)=O)CCCC1. The molecule has 5 atom stereocenters. The van der Waals surface area contributed by atoms with Crippen molar-refractivity contribution >= 4 is 46.2 Å². The molecule has 0 radical (unpaired) electrons. The van der Waals surface area contributed by atoms with E-state index in [0.29, 0.717) is 58.3 Å². The minimum absolute atomic E-state index is 0.0783. The second-order valence-corrected chi connectivity index (χ2v) is 15.5. The minimum Gasteiger partial charge on any atom is -0.368 e. The number of carbonyl (C=O) groups is 6. The summed E-state index contributed by atoms with van der Waals surface area (Å²) in [4.78, 5) is 86.9. The van der Waals surface area contributed by atoms with E-state index in [9.17, 15) is 28.8 Å². The molecule has 15 heteroatoms. The quantitative estimate of drug-likeness (QED) is 0.0369. The van der Waals surface area contributed by atoms with Gasteiger partial charge in [-0.05, 0) is 75.2 Å². The Morgan fingerprint density at radius 2 is 1.73 bits per heavy atom. The van der Waals surface area contributed by atoms with E-state index >= 15 is 0 Å².